The molecule has 2 saturated heterocycles. The molecule has 4 aliphatic heterocycles. The largest absolute Gasteiger partial charge is 0.416 e. The molecule has 0 bridgehead atoms. The van der Waals surface area contributed by atoms with E-state index < -0.39 is 117 Å². The molecule has 2 N–H and O–H groups in total. The number of alkyl halides is 12. The molecule has 26 heteroatoms. The van der Waals surface area contributed by atoms with Gasteiger partial charge in [-0.2, -0.15) is 57.8 Å². The zero-order valence-electron chi connectivity index (χ0n) is 47.4. The van der Waals surface area contributed by atoms with Crippen molar-refractivity contribution in [2.24, 2.45) is 0 Å². The van der Waals surface area contributed by atoms with Gasteiger partial charge in [0.2, 0.25) is 21.8 Å². The molecule has 0 aliphatic carbocycles. The number of H-pyrrole nitrogens is 1. The van der Waals surface area contributed by atoms with Gasteiger partial charge >= 0.3 is 24.7 Å². The first-order valence-electron chi connectivity index (χ1n) is 27.8. The van der Waals surface area contributed by atoms with Gasteiger partial charge in [-0.25, -0.2) is 17.2 Å². The van der Waals surface area contributed by atoms with E-state index in [1.807, 2.05) is 30.3 Å². The van der Waals surface area contributed by atoms with Crippen molar-refractivity contribution in [2.45, 2.75) is 99.7 Å². The number of carbonyl (C=O) groups is 2. The highest BCUT2D eigenvalue weighted by molar-refractivity contribution is 7.92. The van der Waals surface area contributed by atoms with Crippen molar-refractivity contribution in [3.8, 4) is 11.3 Å². The minimum atomic E-state index is -5.03. The Balaban J connectivity index is 0.000000198. The topological polar surface area (TPSA) is 134 Å². The van der Waals surface area contributed by atoms with Gasteiger partial charge in [0.1, 0.15) is 11.6 Å². The molecule has 4 unspecified atom stereocenters. The quantitative estimate of drug-likeness (QED) is 0.110. The number of hydrogen-bond acceptors (Lipinski definition) is 7. The van der Waals surface area contributed by atoms with Crippen LogP contribution in [0.15, 0.2) is 158 Å². The minimum absolute atomic E-state index is 0.0119. The van der Waals surface area contributed by atoms with Crippen molar-refractivity contribution in [2.75, 3.05) is 24.1 Å². The van der Waals surface area contributed by atoms with E-state index in [-0.39, 0.29) is 48.2 Å². The molecule has 0 saturated carbocycles. The van der Waals surface area contributed by atoms with Gasteiger partial charge < -0.3 is 19.3 Å². The van der Waals surface area contributed by atoms with Crippen LogP contribution >= 0.6 is 0 Å². The zero-order chi connectivity index (χ0) is 65.0. The first-order chi connectivity index (χ1) is 42.2. The highest BCUT2D eigenvalue weighted by Gasteiger charge is 2.50. The van der Waals surface area contributed by atoms with Crippen LogP contribution < -0.4 is 4.72 Å². The third-order valence-corrected chi connectivity index (χ3v) is 16.9. The van der Waals surface area contributed by atoms with E-state index in [1.54, 1.807) is 35.4 Å². The van der Waals surface area contributed by atoms with E-state index >= 15 is 0 Å². The zero-order valence-corrected chi connectivity index (χ0v) is 48.3. The van der Waals surface area contributed by atoms with Crippen molar-refractivity contribution in [1.82, 2.24) is 20.0 Å². The summed E-state index contributed by atoms with van der Waals surface area (Å²) in [4.78, 5) is 29.9. The number of sulfonamides is 1. The molecule has 4 aliphatic rings. The van der Waals surface area contributed by atoms with Crippen LogP contribution in [0, 0.1) is 11.6 Å². The summed E-state index contributed by atoms with van der Waals surface area (Å²) in [5.41, 5.74) is -0.384. The highest BCUT2D eigenvalue weighted by atomic mass is 32.2. The number of fused-ring (bicyclic) bond motifs is 2. The Bertz CT molecular complexity index is 3880. The average molecular weight is 1290 g/mol. The number of amides is 2. The number of nitrogens with zero attached hydrogens (tertiary/aromatic N) is 3. The summed E-state index contributed by atoms with van der Waals surface area (Å²) in [6.45, 7) is 2.75. The Kier molecular flexibility index (Phi) is 17.8. The third-order valence-electron chi connectivity index (χ3n) is 16.3. The summed E-state index contributed by atoms with van der Waals surface area (Å²) < 4.78 is 228. The fourth-order valence-corrected chi connectivity index (χ4v) is 12.6. The Hall–Kier alpha value is -8.36. The molecular formula is C64H53F14N5O6S. The highest BCUT2D eigenvalue weighted by Crippen LogP contribution is 2.48. The fraction of sp³-hybridized carbons (Fsp3) is 0.297. The molecule has 6 aromatic carbocycles. The summed E-state index contributed by atoms with van der Waals surface area (Å²) in [5, 5.41) is 6.85. The molecular weight excluding hydrogens is 1230 g/mol. The van der Waals surface area contributed by atoms with Crippen molar-refractivity contribution < 1.29 is 88.9 Å². The lowest BCUT2D eigenvalue weighted by Crippen LogP contribution is -2.39. The monoisotopic (exact) mass is 1290 g/mol. The molecule has 474 valence electrons. The maximum Gasteiger partial charge on any atom is 0.416 e. The molecule has 11 nitrogen and oxygen atoms in total. The van der Waals surface area contributed by atoms with E-state index in [2.05, 4.69) is 14.9 Å². The molecule has 8 atom stereocenters. The number of ether oxygens (including phenoxy) is 2. The Labute approximate surface area is 506 Å². The van der Waals surface area contributed by atoms with Gasteiger partial charge in [-0.1, -0.05) is 60.7 Å². The predicted octanol–water partition coefficient (Wildman–Crippen LogP) is 15.3. The molecule has 0 spiro atoms. The van der Waals surface area contributed by atoms with Crippen LogP contribution in [0.4, 0.5) is 67.2 Å². The van der Waals surface area contributed by atoms with Crippen LogP contribution in [0.1, 0.15) is 106 Å². The summed E-state index contributed by atoms with van der Waals surface area (Å²) in [6.07, 6.45) is -17.9. The van der Waals surface area contributed by atoms with E-state index in [0.717, 1.165) is 28.6 Å². The SMILES string of the molecule is C[C@@H](OC1CN2C(=O)C=C(c3ccc(-c4ccn[nH]4)cc3)CC2[C@@H]1c1ccc(F)cc1)c1cc(C(F)(F)F)cc(C(F)(F)F)c1.C[C@@H](OC1CN2C(=O)C=C(c3ccc(NS(C)(=O)=O)cc3)CC2[C@@H]1c1ccc(F)cc1)c1cc(C(F)(F)F)cc(C(F)(F)F)c1. The summed E-state index contributed by atoms with van der Waals surface area (Å²) in [5.74, 6) is -2.85. The lowest BCUT2D eigenvalue weighted by atomic mass is 9.83. The van der Waals surface area contributed by atoms with E-state index in [9.17, 15) is 79.5 Å². The Morgan fingerprint density at radius 3 is 1.21 bits per heavy atom. The number of halogens is 14. The number of benzene rings is 6. The van der Waals surface area contributed by atoms with Gasteiger partial charge in [0, 0.05) is 61.0 Å². The molecule has 1 aromatic heterocycles. The smallest absolute Gasteiger partial charge is 0.368 e. The lowest BCUT2D eigenvalue weighted by molar-refractivity contribution is -0.145. The standard InChI is InChI=1S/C33H26F7N3O2.C31H27F7N2O4S/c1-18(22-12-24(32(35,36)37)16-25(13-22)33(38,39)40)45-29-17-43-28(31(29)21-6-8-26(34)9-7-21)14-23(15-30(43)44)19-2-4-20(5-3-19)27-10-11-41-42-27;1-17(20-11-22(30(33,34)35)15-23(12-20)31(36,37)38)44-27-16-40-26(29(27)19-3-7-24(32)8-4-19)13-21(14-28(40)41)18-5-9-25(10-6-18)39-45(2,42)43/h2-13,15-16,18,28-29,31H,14,17H2,1H3,(H,41,42);3-12,14-15,17,26-27,29,39H,13,16H2,1-2H3/t18-,28?,29?,31+;17-,26?,27?,29+/m11/s1. The van der Waals surface area contributed by atoms with E-state index in [1.165, 1.54) is 79.4 Å². The normalized spacial score (nSPS) is 21.2. The Morgan fingerprint density at radius 1 is 0.522 bits per heavy atom. The second-order valence-electron chi connectivity index (χ2n) is 22.3. The van der Waals surface area contributed by atoms with Gasteiger partial charge in [0.15, 0.2) is 0 Å². The first-order valence-corrected chi connectivity index (χ1v) is 29.7. The molecule has 2 fully saturated rings. The second-order valence-corrected chi connectivity index (χ2v) is 24.1. The van der Waals surface area contributed by atoms with Gasteiger partial charge in [-0.3, -0.25) is 19.4 Å². The van der Waals surface area contributed by atoms with Crippen LogP contribution in [0.3, 0.4) is 0 Å². The van der Waals surface area contributed by atoms with Gasteiger partial charge in [-0.15, -0.1) is 0 Å². The number of aromatic nitrogens is 2. The first kappa shape index (κ1) is 64.6. The number of aromatic amines is 1. The molecule has 90 heavy (non-hydrogen) atoms. The van der Waals surface area contributed by atoms with Crippen molar-refractivity contribution in [1.29, 1.82) is 0 Å². The average Bonchev–Trinajstić information content (AvgIpc) is 1.60. The molecule has 0 radical (unpaired) electrons. The Morgan fingerprint density at radius 2 is 0.878 bits per heavy atom. The maximum absolute atomic E-state index is 13.9. The third kappa shape index (κ3) is 14.6. The van der Waals surface area contributed by atoms with Gasteiger partial charge in [-0.05, 0) is 156 Å². The van der Waals surface area contributed by atoms with Gasteiger partial charge in [0.05, 0.1) is 58.6 Å². The number of rotatable bonds is 13. The molecule has 2 amide bonds. The second kappa shape index (κ2) is 24.8. The summed E-state index contributed by atoms with van der Waals surface area (Å²) in [6, 6.07) is 28.5. The van der Waals surface area contributed by atoms with Crippen LogP contribution in [-0.2, 0) is 53.8 Å². The number of carbonyl (C=O) groups excluding carboxylic acids is 2. The van der Waals surface area contributed by atoms with Crippen LogP contribution in [-0.4, -0.2) is 83.9 Å². The molecule has 5 heterocycles. The van der Waals surface area contributed by atoms with Crippen molar-refractivity contribution >= 4 is 38.7 Å². The predicted molar refractivity (Wildman–Crippen MR) is 303 cm³/mol. The minimum Gasteiger partial charge on any atom is -0.368 e. The number of nitrogens with one attached hydrogen (secondary N) is 2. The van der Waals surface area contributed by atoms with E-state index in [0.29, 0.717) is 65.1 Å². The van der Waals surface area contributed by atoms with Crippen molar-refractivity contribution in [3.05, 3.63) is 225 Å². The van der Waals surface area contributed by atoms with Crippen molar-refractivity contribution in [3.63, 3.8) is 0 Å². The summed E-state index contributed by atoms with van der Waals surface area (Å²) >= 11 is 0. The summed E-state index contributed by atoms with van der Waals surface area (Å²) in [7, 11) is -3.51. The van der Waals surface area contributed by atoms with Crippen LogP contribution in [0.25, 0.3) is 22.4 Å². The van der Waals surface area contributed by atoms with Crippen LogP contribution in [0.5, 0.6) is 0 Å². The number of hydrogen-bond donors (Lipinski definition) is 2. The van der Waals surface area contributed by atoms with Crippen LogP contribution in [0.2, 0.25) is 0 Å². The van der Waals surface area contributed by atoms with Gasteiger partial charge in [0.25, 0.3) is 0 Å². The number of anilines is 1. The van der Waals surface area contributed by atoms with E-state index in [4.69, 9.17) is 9.47 Å². The molecule has 11 rings (SSSR count). The maximum atomic E-state index is 13.9. The molecule has 7 aromatic rings. The fourth-order valence-electron chi connectivity index (χ4n) is 12.0. The lowest BCUT2D eigenvalue weighted by Gasteiger charge is -2.33.